The second-order valence-corrected chi connectivity index (χ2v) is 9.23. The van der Waals surface area contributed by atoms with Crippen molar-refractivity contribution < 1.29 is 18.0 Å². The number of carbonyl (C=O) groups is 2. The number of carbonyl (C=O) groups excluding carboxylic acids is 2. The van der Waals surface area contributed by atoms with Crippen LogP contribution in [-0.2, 0) is 26.0 Å². The molecule has 0 bridgehead atoms. The minimum atomic E-state index is -3.52. The number of nitrogens with one attached hydrogen (secondary N) is 1. The first-order chi connectivity index (χ1) is 13.9. The first-order valence-corrected chi connectivity index (χ1v) is 11.2. The lowest BCUT2D eigenvalue weighted by Crippen LogP contribution is -2.41. The number of nitrogens with zero attached hydrogens (tertiary/aromatic N) is 2. The summed E-state index contributed by atoms with van der Waals surface area (Å²) in [7, 11) is -3.52. The molecule has 0 radical (unpaired) electrons. The molecule has 1 saturated heterocycles. The Labute approximate surface area is 170 Å². The Balaban J connectivity index is 1.56. The number of hydrogen-bond acceptors (Lipinski definition) is 4. The van der Waals surface area contributed by atoms with E-state index in [1.165, 1.54) is 15.3 Å². The van der Waals surface area contributed by atoms with Gasteiger partial charge in [-0.15, -0.1) is 0 Å². The van der Waals surface area contributed by atoms with Crippen molar-refractivity contribution in [2.45, 2.75) is 30.6 Å². The highest BCUT2D eigenvalue weighted by Gasteiger charge is 2.31. The van der Waals surface area contributed by atoms with E-state index < -0.39 is 10.0 Å². The second kappa shape index (κ2) is 7.96. The average Bonchev–Trinajstić information content (AvgIpc) is 3.26. The maximum atomic E-state index is 12.8. The van der Waals surface area contributed by atoms with E-state index in [9.17, 15) is 18.0 Å². The van der Waals surface area contributed by atoms with E-state index in [0.717, 1.165) is 18.4 Å². The molecule has 0 unspecified atom stereocenters. The Bertz CT molecular complexity index is 1030. The van der Waals surface area contributed by atoms with E-state index in [-0.39, 0.29) is 29.7 Å². The highest BCUT2D eigenvalue weighted by molar-refractivity contribution is 7.89. The molecule has 4 rings (SSSR count). The van der Waals surface area contributed by atoms with E-state index >= 15 is 0 Å². The number of rotatable bonds is 5. The Morgan fingerprint density at radius 2 is 1.72 bits per heavy atom. The summed E-state index contributed by atoms with van der Waals surface area (Å²) in [5, 5.41) is 2.78. The maximum Gasteiger partial charge on any atom is 0.244 e. The van der Waals surface area contributed by atoms with Crippen molar-refractivity contribution in [2.75, 3.05) is 29.9 Å². The van der Waals surface area contributed by atoms with Gasteiger partial charge in [-0.2, -0.15) is 4.31 Å². The Kier molecular flexibility index (Phi) is 5.38. The Morgan fingerprint density at radius 1 is 1.00 bits per heavy atom. The summed E-state index contributed by atoms with van der Waals surface area (Å²) in [5.74, 6) is -0.443. The molecule has 2 amide bonds. The Hall–Kier alpha value is -2.71. The van der Waals surface area contributed by atoms with Crippen LogP contribution in [0, 0.1) is 0 Å². The standard InChI is InChI=1S/C21H23N3O4S/c25-20(22-17-6-2-1-3-7-17)15-24-19-10-9-18(14-16(19)8-11-21(24)26)29(27,28)23-12-4-5-13-23/h1-3,6-7,9-10,14H,4-5,8,11-13,15H2,(H,22,25). The van der Waals surface area contributed by atoms with Crippen LogP contribution >= 0.6 is 0 Å². The zero-order chi connectivity index (χ0) is 20.4. The predicted octanol–water partition coefficient (Wildman–Crippen LogP) is 2.39. The molecule has 2 aromatic rings. The van der Waals surface area contributed by atoms with Crippen molar-refractivity contribution in [2.24, 2.45) is 0 Å². The maximum absolute atomic E-state index is 12.8. The zero-order valence-electron chi connectivity index (χ0n) is 16.0. The van der Waals surface area contributed by atoms with Crippen LogP contribution in [0.1, 0.15) is 24.8 Å². The van der Waals surface area contributed by atoms with Gasteiger partial charge >= 0.3 is 0 Å². The first-order valence-electron chi connectivity index (χ1n) is 9.73. The van der Waals surface area contributed by atoms with Gasteiger partial charge in [0.15, 0.2) is 0 Å². The number of anilines is 2. The largest absolute Gasteiger partial charge is 0.325 e. The van der Waals surface area contributed by atoms with Gasteiger partial charge < -0.3 is 10.2 Å². The molecule has 29 heavy (non-hydrogen) atoms. The first kappa shape index (κ1) is 19.6. The highest BCUT2D eigenvalue weighted by Crippen LogP contribution is 2.31. The molecule has 152 valence electrons. The fraction of sp³-hybridized carbons (Fsp3) is 0.333. The van der Waals surface area contributed by atoms with Gasteiger partial charge in [0, 0.05) is 30.9 Å². The van der Waals surface area contributed by atoms with Crippen LogP contribution < -0.4 is 10.2 Å². The molecule has 0 spiro atoms. The third kappa shape index (κ3) is 4.04. The van der Waals surface area contributed by atoms with Crippen LogP contribution in [0.3, 0.4) is 0 Å². The minimum Gasteiger partial charge on any atom is -0.325 e. The van der Waals surface area contributed by atoms with Crippen molar-refractivity contribution in [1.82, 2.24) is 4.31 Å². The number of sulfonamides is 1. The van der Waals surface area contributed by atoms with Crippen LogP contribution in [-0.4, -0.2) is 44.2 Å². The molecule has 2 aliphatic heterocycles. The van der Waals surface area contributed by atoms with Gasteiger partial charge in [0.2, 0.25) is 21.8 Å². The van der Waals surface area contributed by atoms with Gasteiger partial charge in [-0.3, -0.25) is 9.59 Å². The summed E-state index contributed by atoms with van der Waals surface area (Å²) in [6.45, 7) is 0.978. The average molecular weight is 413 g/mol. The minimum absolute atomic E-state index is 0.112. The lowest BCUT2D eigenvalue weighted by Gasteiger charge is -2.29. The molecule has 0 saturated carbocycles. The second-order valence-electron chi connectivity index (χ2n) is 7.30. The molecule has 1 fully saturated rings. The molecular weight excluding hydrogens is 390 g/mol. The van der Waals surface area contributed by atoms with Gasteiger partial charge in [-0.25, -0.2) is 8.42 Å². The molecule has 0 aromatic heterocycles. The van der Waals surface area contributed by atoms with Crippen molar-refractivity contribution in [3.8, 4) is 0 Å². The molecule has 0 aliphatic carbocycles. The van der Waals surface area contributed by atoms with Gasteiger partial charge in [0.05, 0.1) is 4.90 Å². The van der Waals surface area contributed by atoms with Crippen LogP contribution in [0.4, 0.5) is 11.4 Å². The SMILES string of the molecule is O=C(CN1C(=O)CCc2cc(S(=O)(=O)N3CCCC3)ccc21)Nc1ccccc1. The third-order valence-corrected chi connectivity index (χ3v) is 7.21. The fourth-order valence-electron chi connectivity index (χ4n) is 3.81. The normalized spacial score (nSPS) is 17.2. The number of fused-ring (bicyclic) bond motifs is 1. The molecule has 0 atom stereocenters. The molecule has 8 heteroatoms. The predicted molar refractivity (Wildman–Crippen MR) is 110 cm³/mol. The summed E-state index contributed by atoms with van der Waals surface area (Å²) in [6.07, 6.45) is 2.47. The summed E-state index contributed by atoms with van der Waals surface area (Å²) in [4.78, 5) is 26.6. The van der Waals surface area contributed by atoms with E-state index in [1.54, 1.807) is 24.3 Å². The number of amides is 2. The van der Waals surface area contributed by atoms with Gasteiger partial charge in [0.1, 0.15) is 6.54 Å². The summed E-state index contributed by atoms with van der Waals surface area (Å²) in [6, 6.07) is 13.9. The summed E-state index contributed by atoms with van der Waals surface area (Å²) >= 11 is 0. The fourth-order valence-corrected chi connectivity index (χ4v) is 5.38. The van der Waals surface area contributed by atoms with Gasteiger partial charge in [-0.1, -0.05) is 18.2 Å². The van der Waals surface area contributed by atoms with Crippen LogP contribution in [0.15, 0.2) is 53.4 Å². The van der Waals surface area contributed by atoms with Crippen LogP contribution in [0.5, 0.6) is 0 Å². The lowest BCUT2D eigenvalue weighted by atomic mass is 10.0. The monoisotopic (exact) mass is 413 g/mol. The number of para-hydroxylation sites is 1. The smallest absolute Gasteiger partial charge is 0.244 e. The summed E-state index contributed by atoms with van der Waals surface area (Å²) in [5.41, 5.74) is 2.04. The lowest BCUT2D eigenvalue weighted by molar-refractivity contribution is -0.121. The Morgan fingerprint density at radius 3 is 2.45 bits per heavy atom. The van der Waals surface area contributed by atoms with Crippen molar-refractivity contribution >= 4 is 33.2 Å². The number of benzene rings is 2. The topological polar surface area (TPSA) is 86.8 Å². The zero-order valence-corrected chi connectivity index (χ0v) is 16.8. The quantitative estimate of drug-likeness (QED) is 0.815. The number of hydrogen-bond donors (Lipinski definition) is 1. The van der Waals surface area contributed by atoms with Gasteiger partial charge in [0.25, 0.3) is 0 Å². The van der Waals surface area contributed by atoms with Crippen LogP contribution in [0.25, 0.3) is 0 Å². The molecule has 2 aliphatic rings. The molecular formula is C21H23N3O4S. The van der Waals surface area contributed by atoms with E-state index in [4.69, 9.17) is 0 Å². The van der Waals surface area contributed by atoms with Crippen molar-refractivity contribution in [3.63, 3.8) is 0 Å². The van der Waals surface area contributed by atoms with Gasteiger partial charge in [-0.05, 0) is 55.2 Å². The molecule has 2 aromatic carbocycles. The summed E-state index contributed by atoms with van der Waals surface area (Å²) < 4.78 is 27.2. The van der Waals surface area contributed by atoms with Crippen molar-refractivity contribution in [1.29, 1.82) is 0 Å². The highest BCUT2D eigenvalue weighted by atomic mass is 32.2. The van der Waals surface area contributed by atoms with E-state index in [1.807, 2.05) is 18.2 Å². The van der Waals surface area contributed by atoms with Crippen LogP contribution in [0.2, 0.25) is 0 Å². The van der Waals surface area contributed by atoms with Crippen molar-refractivity contribution in [3.05, 3.63) is 54.1 Å². The molecule has 7 nitrogen and oxygen atoms in total. The molecule has 1 N–H and O–H groups in total. The van der Waals surface area contributed by atoms with E-state index in [0.29, 0.717) is 30.9 Å². The van der Waals surface area contributed by atoms with E-state index in [2.05, 4.69) is 5.32 Å². The number of aryl methyl sites for hydroxylation is 1. The third-order valence-electron chi connectivity index (χ3n) is 5.31. The molecule has 2 heterocycles.